The monoisotopic (exact) mass is 378 g/mol. The highest BCUT2D eigenvalue weighted by molar-refractivity contribution is 5.75. The van der Waals surface area contributed by atoms with E-state index in [4.69, 9.17) is 0 Å². The van der Waals surface area contributed by atoms with Crippen LogP contribution in [0.5, 0.6) is 0 Å². The van der Waals surface area contributed by atoms with E-state index in [1.807, 2.05) is 4.90 Å². The van der Waals surface area contributed by atoms with Crippen LogP contribution in [-0.2, 0) is 9.59 Å². The summed E-state index contributed by atoms with van der Waals surface area (Å²) in [6, 6.07) is -0.294. The minimum atomic E-state index is -0.586. The summed E-state index contributed by atoms with van der Waals surface area (Å²) < 4.78 is 0. The summed E-state index contributed by atoms with van der Waals surface area (Å²) in [5.41, 5.74) is 0. The van der Waals surface area contributed by atoms with Gasteiger partial charge in [-0.25, -0.2) is 0 Å². The fourth-order valence-electron chi connectivity index (χ4n) is 3.61. The van der Waals surface area contributed by atoms with Crippen molar-refractivity contribution < 1.29 is 14.7 Å². The van der Waals surface area contributed by atoms with Gasteiger partial charge >= 0.3 is 0 Å². The Kier molecular flexibility index (Phi) is 11.7. The molecule has 154 valence electrons. The molecular formula is C22H38N2O3. The Bertz CT molecular complexity index is 502. The van der Waals surface area contributed by atoms with Crippen LogP contribution in [-0.4, -0.2) is 46.6 Å². The number of unbranched alkanes of at least 4 members (excludes halogenated alkanes) is 5. The van der Waals surface area contributed by atoms with Crippen molar-refractivity contribution in [2.24, 2.45) is 0 Å². The number of allylic oxidation sites excluding steroid dienone is 4. The standard InChI is InChI=1S/C22H38N2O3/c1-4-5-6-7-8-9-10-11-12-13-14-15-20-16-22(27)21(23-18(2)25)17-24(20)19(3)26/h7-10,20-22,27H,4-6,11-17H2,1-3H3,(H,23,25)/b8-7+,10-9-/t20-,21+,22-/m1/s1. The van der Waals surface area contributed by atoms with Gasteiger partial charge < -0.3 is 15.3 Å². The van der Waals surface area contributed by atoms with E-state index >= 15 is 0 Å². The van der Waals surface area contributed by atoms with Crippen molar-refractivity contribution in [1.29, 1.82) is 0 Å². The Balaban J connectivity index is 2.28. The zero-order valence-electron chi connectivity index (χ0n) is 17.3. The molecule has 1 aliphatic rings. The SMILES string of the molecule is CCCC/C=C/C=C\CCCCC[C@@H]1C[C@@H](O)[C@@H](NC(C)=O)CN1C(C)=O. The number of hydrogen-bond acceptors (Lipinski definition) is 3. The third-order valence-electron chi connectivity index (χ3n) is 5.12. The first-order valence-corrected chi connectivity index (χ1v) is 10.5. The fourth-order valence-corrected chi connectivity index (χ4v) is 3.61. The first kappa shape index (κ1) is 23.4. The number of likely N-dealkylation sites (tertiary alicyclic amines) is 1. The molecule has 0 aromatic carbocycles. The third-order valence-corrected chi connectivity index (χ3v) is 5.12. The molecule has 0 aliphatic carbocycles. The van der Waals surface area contributed by atoms with Crippen LogP contribution in [0.2, 0.25) is 0 Å². The van der Waals surface area contributed by atoms with Crippen LogP contribution in [0, 0.1) is 0 Å². The number of aliphatic hydroxyl groups excluding tert-OH is 1. The molecule has 1 rings (SSSR count). The molecule has 0 spiro atoms. The van der Waals surface area contributed by atoms with Gasteiger partial charge in [-0.1, -0.05) is 56.9 Å². The molecule has 0 bridgehead atoms. The molecule has 27 heavy (non-hydrogen) atoms. The number of carbonyl (C=O) groups is 2. The molecule has 5 heteroatoms. The average Bonchev–Trinajstić information content (AvgIpc) is 2.61. The summed E-state index contributed by atoms with van der Waals surface area (Å²) >= 11 is 0. The summed E-state index contributed by atoms with van der Waals surface area (Å²) in [6.45, 7) is 5.60. The van der Waals surface area contributed by atoms with Gasteiger partial charge in [-0.2, -0.15) is 0 Å². The van der Waals surface area contributed by atoms with E-state index in [1.165, 1.54) is 19.8 Å². The minimum absolute atomic E-state index is 0.0139. The van der Waals surface area contributed by atoms with Gasteiger partial charge in [0.1, 0.15) is 0 Å². The highest BCUT2D eigenvalue weighted by Gasteiger charge is 2.35. The first-order chi connectivity index (χ1) is 13.0. The lowest BCUT2D eigenvalue weighted by molar-refractivity contribution is -0.137. The predicted octanol–water partition coefficient (Wildman–Crippen LogP) is 3.73. The van der Waals surface area contributed by atoms with Gasteiger partial charge in [-0.15, -0.1) is 0 Å². The second-order valence-corrected chi connectivity index (χ2v) is 7.57. The van der Waals surface area contributed by atoms with Crippen LogP contribution in [0.1, 0.15) is 78.6 Å². The molecule has 5 nitrogen and oxygen atoms in total. The van der Waals surface area contributed by atoms with Crippen LogP contribution in [0.15, 0.2) is 24.3 Å². The summed E-state index contributed by atoms with van der Waals surface area (Å²) in [7, 11) is 0. The third kappa shape index (κ3) is 9.76. The van der Waals surface area contributed by atoms with E-state index < -0.39 is 6.10 Å². The second kappa shape index (κ2) is 13.5. The summed E-state index contributed by atoms with van der Waals surface area (Å²) in [4.78, 5) is 25.0. The van der Waals surface area contributed by atoms with Crippen molar-refractivity contribution in [3.63, 3.8) is 0 Å². The van der Waals surface area contributed by atoms with Crippen LogP contribution < -0.4 is 5.32 Å². The van der Waals surface area contributed by atoms with Crippen LogP contribution in [0.25, 0.3) is 0 Å². The summed E-state index contributed by atoms with van der Waals surface area (Å²) in [6.07, 6.45) is 17.6. The number of carbonyl (C=O) groups excluding carboxylic acids is 2. The summed E-state index contributed by atoms with van der Waals surface area (Å²) in [5.74, 6) is -0.158. The van der Waals surface area contributed by atoms with E-state index in [0.717, 1.165) is 38.5 Å². The number of rotatable bonds is 11. The first-order valence-electron chi connectivity index (χ1n) is 10.5. The van der Waals surface area contributed by atoms with Crippen molar-refractivity contribution in [2.75, 3.05) is 6.54 Å². The molecule has 0 aromatic heterocycles. The maximum atomic E-state index is 12.0. The zero-order valence-corrected chi connectivity index (χ0v) is 17.3. The zero-order chi connectivity index (χ0) is 20.1. The average molecular weight is 379 g/mol. The lowest BCUT2D eigenvalue weighted by atomic mass is 9.91. The van der Waals surface area contributed by atoms with Crippen molar-refractivity contribution in [3.05, 3.63) is 24.3 Å². The van der Waals surface area contributed by atoms with Crippen LogP contribution in [0.4, 0.5) is 0 Å². The van der Waals surface area contributed by atoms with Gasteiger partial charge in [0.15, 0.2) is 0 Å². The number of nitrogens with one attached hydrogen (secondary N) is 1. The lowest BCUT2D eigenvalue weighted by Gasteiger charge is -2.42. The molecule has 0 radical (unpaired) electrons. The van der Waals surface area contributed by atoms with Crippen LogP contribution in [0.3, 0.4) is 0 Å². The van der Waals surface area contributed by atoms with Gasteiger partial charge in [-0.05, 0) is 32.1 Å². The molecule has 1 aliphatic heterocycles. The molecule has 2 amide bonds. The smallest absolute Gasteiger partial charge is 0.219 e. The molecule has 1 heterocycles. The number of aliphatic hydroxyl groups is 1. The lowest BCUT2D eigenvalue weighted by Crippen LogP contribution is -2.59. The Hall–Kier alpha value is -1.62. The normalized spacial score (nSPS) is 23.3. The van der Waals surface area contributed by atoms with Gasteiger partial charge in [0.25, 0.3) is 0 Å². The quantitative estimate of drug-likeness (QED) is 0.425. The maximum Gasteiger partial charge on any atom is 0.219 e. The fraction of sp³-hybridized carbons (Fsp3) is 0.727. The Labute approximate surface area is 164 Å². The number of piperidine rings is 1. The molecule has 0 aromatic rings. The van der Waals surface area contributed by atoms with Crippen molar-refractivity contribution in [1.82, 2.24) is 10.2 Å². The topological polar surface area (TPSA) is 69.6 Å². The van der Waals surface area contributed by atoms with E-state index in [9.17, 15) is 14.7 Å². The largest absolute Gasteiger partial charge is 0.391 e. The van der Waals surface area contributed by atoms with Crippen molar-refractivity contribution in [2.45, 2.75) is 96.7 Å². The van der Waals surface area contributed by atoms with E-state index in [-0.39, 0.29) is 23.9 Å². The van der Waals surface area contributed by atoms with Gasteiger partial charge in [0, 0.05) is 26.4 Å². The van der Waals surface area contributed by atoms with E-state index in [0.29, 0.717) is 13.0 Å². The Morgan fingerprint density at radius 3 is 2.33 bits per heavy atom. The highest BCUT2D eigenvalue weighted by atomic mass is 16.3. The summed E-state index contributed by atoms with van der Waals surface area (Å²) in [5, 5.41) is 13.0. The minimum Gasteiger partial charge on any atom is -0.391 e. The molecule has 3 atom stereocenters. The molecule has 1 fully saturated rings. The second-order valence-electron chi connectivity index (χ2n) is 7.57. The molecule has 0 unspecified atom stereocenters. The molecule has 0 saturated carbocycles. The van der Waals surface area contributed by atoms with Crippen molar-refractivity contribution in [3.8, 4) is 0 Å². The van der Waals surface area contributed by atoms with E-state index in [2.05, 4.69) is 36.5 Å². The molecule has 2 N–H and O–H groups in total. The van der Waals surface area contributed by atoms with Crippen LogP contribution >= 0.6 is 0 Å². The van der Waals surface area contributed by atoms with Gasteiger partial charge in [-0.3, -0.25) is 9.59 Å². The van der Waals surface area contributed by atoms with Gasteiger partial charge in [0.05, 0.1) is 12.1 Å². The maximum absolute atomic E-state index is 12.0. The van der Waals surface area contributed by atoms with Gasteiger partial charge in [0.2, 0.25) is 11.8 Å². The number of amides is 2. The molecular weight excluding hydrogens is 340 g/mol. The number of hydrogen-bond donors (Lipinski definition) is 2. The Morgan fingerprint density at radius 2 is 1.74 bits per heavy atom. The van der Waals surface area contributed by atoms with Crippen molar-refractivity contribution >= 4 is 11.8 Å². The number of nitrogens with zero attached hydrogens (tertiary/aromatic N) is 1. The van der Waals surface area contributed by atoms with E-state index in [1.54, 1.807) is 6.92 Å². The molecule has 1 saturated heterocycles. The predicted molar refractivity (Wildman–Crippen MR) is 110 cm³/mol. The Morgan fingerprint density at radius 1 is 1.07 bits per heavy atom. The highest BCUT2D eigenvalue weighted by Crippen LogP contribution is 2.23.